The summed E-state index contributed by atoms with van der Waals surface area (Å²) in [4.78, 5) is 14.3. The highest BCUT2D eigenvalue weighted by Crippen LogP contribution is 2.32. The maximum absolute atomic E-state index is 12.0. The molecule has 0 aliphatic heterocycles. The second-order valence-corrected chi connectivity index (χ2v) is 3.48. The molecule has 0 spiro atoms. The van der Waals surface area contributed by atoms with Crippen molar-refractivity contribution in [3.05, 3.63) is 22.5 Å². The summed E-state index contributed by atoms with van der Waals surface area (Å²) in [6.45, 7) is 1.22. The normalized spacial score (nSPS) is 11.4. The number of rotatable bonds is 2. The maximum Gasteiger partial charge on any atom is 0.573 e. The van der Waals surface area contributed by atoms with Crippen LogP contribution >= 0.6 is 23.2 Å². The van der Waals surface area contributed by atoms with Crippen molar-refractivity contribution < 1.29 is 22.7 Å². The first-order valence-corrected chi connectivity index (χ1v) is 4.59. The quantitative estimate of drug-likeness (QED) is 0.776. The lowest BCUT2D eigenvalue weighted by molar-refractivity contribution is -0.274. The van der Waals surface area contributed by atoms with Crippen molar-refractivity contribution in [2.75, 3.05) is 0 Å². The Kier molecular flexibility index (Phi) is 3.64. The van der Waals surface area contributed by atoms with Crippen molar-refractivity contribution in [1.29, 1.82) is 0 Å². The maximum atomic E-state index is 12.0. The van der Waals surface area contributed by atoms with E-state index in [2.05, 4.69) is 9.72 Å². The zero-order valence-electron chi connectivity index (χ0n) is 7.73. The molecule has 88 valence electrons. The second-order valence-electron chi connectivity index (χ2n) is 2.73. The molecular weight excluding hydrogens is 270 g/mol. The van der Waals surface area contributed by atoms with E-state index in [-0.39, 0.29) is 16.4 Å². The Balaban J connectivity index is 3.18. The van der Waals surface area contributed by atoms with Crippen molar-refractivity contribution in [2.24, 2.45) is 0 Å². The summed E-state index contributed by atoms with van der Waals surface area (Å²) in [6.07, 6.45) is -4.87. The van der Waals surface area contributed by atoms with Crippen LogP contribution in [0.25, 0.3) is 0 Å². The van der Waals surface area contributed by atoms with E-state index >= 15 is 0 Å². The van der Waals surface area contributed by atoms with E-state index in [0.717, 1.165) is 6.07 Å². The van der Waals surface area contributed by atoms with Gasteiger partial charge in [0, 0.05) is 0 Å². The van der Waals surface area contributed by atoms with Gasteiger partial charge in [0.1, 0.15) is 5.69 Å². The largest absolute Gasteiger partial charge is 0.573 e. The van der Waals surface area contributed by atoms with E-state index in [0.29, 0.717) is 0 Å². The minimum atomic E-state index is -4.87. The third kappa shape index (κ3) is 3.24. The Morgan fingerprint density at radius 1 is 1.50 bits per heavy atom. The number of aryl methyl sites for hydroxylation is 1. The van der Waals surface area contributed by atoms with Gasteiger partial charge in [-0.25, -0.2) is 4.98 Å². The molecule has 16 heavy (non-hydrogen) atoms. The van der Waals surface area contributed by atoms with Crippen molar-refractivity contribution in [3.8, 4) is 5.75 Å². The SMILES string of the molecule is Cc1nc(C(=O)Cl)cc(Cl)c1OC(F)(F)F. The van der Waals surface area contributed by atoms with Crippen LogP contribution in [0.15, 0.2) is 6.07 Å². The summed E-state index contributed by atoms with van der Waals surface area (Å²) < 4.78 is 39.5. The minimum absolute atomic E-state index is 0.172. The first-order valence-electron chi connectivity index (χ1n) is 3.83. The fourth-order valence-corrected chi connectivity index (χ4v) is 1.34. The monoisotopic (exact) mass is 273 g/mol. The number of aromatic nitrogens is 1. The van der Waals surface area contributed by atoms with Gasteiger partial charge in [-0.15, -0.1) is 13.2 Å². The predicted octanol–water partition coefficient (Wildman–Crippen LogP) is 3.32. The van der Waals surface area contributed by atoms with E-state index < -0.39 is 17.4 Å². The zero-order chi connectivity index (χ0) is 12.5. The second kappa shape index (κ2) is 4.47. The average molecular weight is 274 g/mol. The molecule has 1 aromatic rings. The van der Waals surface area contributed by atoms with Crippen LogP contribution in [0, 0.1) is 6.92 Å². The van der Waals surface area contributed by atoms with Gasteiger partial charge < -0.3 is 4.74 Å². The molecule has 0 saturated carbocycles. The predicted molar refractivity (Wildman–Crippen MR) is 50.9 cm³/mol. The minimum Gasteiger partial charge on any atom is -0.402 e. The molecule has 3 nitrogen and oxygen atoms in total. The molecule has 1 aromatic heterocycles. The van der Waals surface area contributed by atoms with Gasteiger partial charge in [0.15, 0.2) is 5.75 Å². The highest BCUT2D eigenvalue weighted by atomic mass is 35.5. The fourth-order valence-electron chi connectivity index (χ4n) is 0.961. The Bertz CT molecular complexity index is 411. The van der Waals surface area contributed by atoms with E-state index in [1.807, 2.05) is 0 Å². The van der Waals surface area contributed by atoms with Crippen LogP contribution in [0.4, 0.5) is 13.2 Å². The molecule has 0 atom stereocenters. The third-order valence-electron chi connectivity index (χ3n) is 1.52. The summed E-state index contributed by atoms with van der Waals surface area (Å²) in [5, 5.41) is -1.29. The van der Waals surface area contributed by atoms with E-state index in [4.69, 9.17) is 23.2 Å². The van der Waals surface area contributed by atoms with E-state index in [1.54, 1.807) is 0 Å². The molecule has 0 amide bonds. The number of alkyl halides is 3. The van der Waals surface area contributed by atoms with Crippen LogP contribution in [0.3, 0.4) is 0 Å². The molecule has 0 bridgehead atoms. The highest BCUT2D eigenvalue weighted by Gasteiger charge is 2.33. The molecule has 0 aromatic carbocycles. The summed E-state index contributed by atoms with van der Waals surface area (Å²) >= 11 is 10.6. The first kappa shape index (κ1) is 13.1. The van der Waals surface area contributed by atoms with Gasteiger partial charge >= 0.3 is 6.36 Å². The molecule has 0 N–H and O–H groups in total. The van der Waals surface area contributed by atoms with E-state index in [1.165, 1.54) is 6.92 Å². The molecule has 0 radical (unpaired) electrons. The third-order valence-corrected chi connectivity index (χ3v) is 1.99. The molecule has 0 saturated heterocycles. The van der Waals surface area contributed by atoms with Gasteiger partial charge in [0.2, 0.25) is 0 Å². The van der Waals surface area contributed by atoms with Crippen LogP contribution < -0.4 is 4.74 Å². The Hall–Kier alpha value is -1.01. The van der Waals surface area contributed by atoms with Crippen LogP contribution in [0.1, 0.15) is 16.2 Å². The Morgan fingerprint density at radius 3 is 2.44 bits per heavy atom. The molecule has 1 heterocycles. The number of ether oxygens (including phenoxy) is 1. The average Bonchev–Trinajstić information content (AvgIpc) is 2.09. The van der Waals surface area contributed by atoms with Crippen molar-refractivity contribution in [1.82, 2.24) is 4.98 Å². The Labute approximate surface area is 98.1 Å². The fraction of sp³-hybridized carbons (Fsp3) is 0.250. The van der Waals surface area contributed by atoms with E-state index in [9.17, 15) is 18.0 Å². The van der Waals surface area contributed by atoms with Gasteiger partial charge in [-0.05, 0) is 24.6 Å². The summed E-state index contributed by atoms with van der Waals surface area (Å²) in [6, 6.07) is 0.908. The zero-order valence-corrected chi connectivity index (χ0v) is 9.24. The number of pyridine rings is 1. The summed E-state index contributed by atoms with van der Waals surface area (Å²) in [5.41, 5.74) is -0.410. The van der Waals surface area contributed by atoms with Gasteiger partial charge in [-0.2, -0.15) is 0 Å². The molecule has 8 heteroatoms. The topological polar surface area (TPSA) is 39.2 Å². The van der Waals surface area contributed by atoms with Gasteiger partial charge in [-0.1, -0.05) is 11.6 Å². The molecule has 0 fully saturated rings. The number of halogens is 5. The van der Waals surface area contributed by atoms with Crippen LogP contribution in [-0.2, 0) is 0 Å². The number of hydrogen-bond acceptors (Lipinski definition) is 3. The van der Waals surface area contributed by atoms with Crippen LogP contribution in [-0.4, -0.2) is 16.6 Å². The van der Waals surface area contributed by atoms with Gasteiger partial charge in [-0.3, -0.25) is 4.79 Å². The number of carbonyl (C=O) groups is 1. The summed E-state index contributed by atoms with van der Waals surface area (Å²) in [5.74, 6) is -0.643. The van der Waals surface area contributed by atoms with Crippen LogP contribution in [0.5, 0.6) is 5.75 Å². The smallest absolute Gasteiger partial charge is 0.402 e. The van der Waals surface area contributed by atoms with Gasteiger partial charge in [0.25, 0.3) is 5.24 Å². The molecule has 1 rings (SSSR count). The summed E-state index contributed by atoms with van der Waals surface area (Å²) in [7, 11) is 0. The lowest BCUT2D eigenvalue weighted by Crippen LogP contribution is -2.18. The molecule has 0 unspecified atom stereocenters. The van der Waals surface area contributed by atoms with Crippen molar-refractivity contribution in [3.63, 3.8) is 0 Å². The van der Waals surface area contributed by atoms with Crippen LogP contribution in [0.2, 0.25) is 5.02 Å². The lowest BCUT2D eigenvalue weighted by Gasteiger charge is -2.12. The van der Waals surface area contributed by atoms with Crippen molar-refractivity contribution >= 4 is 28.4 Å². The number of carbonyl (C=O) groups excluding carboxylic acids is 1. The molecular formula is C8H4Cl2F3NO2. The Morgan fingerprint density at radius 2 is 2.06 bits per heavy atom. The van der Waals surface area contributed by atoms with Gasteiger partial charge in [0.05, 0.1) is 10.7 Å². The standard InChI is InChI=1S/C8H4Cl2F3NO2/c1-3-6(16-8(11,12)13)4(9)2-5(14-3)7(10)15/h2H,1H3. The number of nitrogens with zero attached hydrogens (tertiary/aromatic N) is 1. The highest BCUT2D eigenvalue weighted by molar-refractivity contribution is 6.67. The molecule has 0 aliphatic rings. The van der Waals surface area contributed by atoms with Crippen molar-refractivity contribution in [2.45, 2.75) is 13.3 Å². The number of hydrogen-bond donors (Lipinski definition) is 0. The first-order chi connectivity index (χ1) is 7.20. The lowest BCUT2D eigenvalue weighted by atomic mass is 10.3. The molecule has 0 aliphatic carbocycles.